The first-order valence-electron chi connectivity index (χ1n) is 5.68. The molecule has 1 amide bonds. The van der Waals surface area contributed by atoms with Crippen molar-refractivity contribution >= 4 is 23.0 Å². The zero-order valence-corrected chi connectivity index (χ0v) is 11.9. The zero-order valence-electron chi connectivity index (χ0n) is 11.1. The molecule has 0 aliphatic rings. The number of hydrogen-bond donors (Lipinski definition) is 3. The van der Waals surface area contributed by atoms with E-state index in [2.05, 4.69) is 15.6 Å². The van der Waals surface area contributed by atoms with Gasteiger partial charge in [0, 0.05) is 13.2 Å². The topological polar surface area (TPSA) is 129 Å². The Morgan fingerprint density at radius 1 is 1.52 bits per heavy atom. The molecule has 10 heteroatoms. The summed E-state index contributed by atoms with van der Waals surface area (Å²) in [5.74, 6) is -0.512. The first kappa shape index (κ1) is 14.7. The maximum Gasteiger partial charge on any atom is 0.310 e. The highest BCUT2D eigenvalue weighted by atomic mass is 32.1. The molecule has 0 saturated carbocycles. The molecule has 0 fully saturated rings. The first-order chi connectivity index (χ1) is 9.88. The summed E-state index contributed by atoms with van der Waals surface area (Å²) >= 11 is 0.473. The van der Waals surface area contributed by atoms with E-state index in [1.807, 2.05) is 4.98 Å². The van der Waals surface area contributed by atoms with Gasteiger partial charge in [-0.2, -0.15) is 10.2 Å². The molecule has 110 valence electrons. The largest absolute Gasteiger partial charge is 0.499 e. The van der Waals surface area contributed by atoms with E-state index in [0.717, 1.165) is 0 Å². The number of rotatable bonds is 3. The molecule has 2 rings (SSSR count). The average Bonchev–Trinajstić information content (AvgIpc) is 2.81. The highest BCUT2D eigenvalue weighted by Gasteiger charge is 2.13. The summed E-state index contributed by atoms with van der Waals surface area (Å²) in [5, 5.41) is 16.7. The van der Waals surface area contributed by atoms with Crippen LogP contribution in [-0.4, -0.2) is 31.5 Å². The van der Waals surface area contributed by atoms with Crippen molar-refractivity contribution in [1.82, 2.24) is 20.2 Å². The third-order valence-corrected chi connectivity index (χ3v) is 3.18. The number of carbonyl (C=O) groups is 1. The van der Waals surface area contributed by atoms with Crippen LogP contribution < -0.4 is 15.9 Å². The molecule has 3 N–H and O–H groups in total. The summed E-state index contributed by atoms with van der Waals surface area (Å²) in [4.78, 5) is 35.7. The van der Waals surface area contributed by atoms with Crippen LogP contribution in [0.2, 0.25) is 0 Å². The van der Waals surface area contributed by atoms with Gasteiger partial charge in [-0.15, -0.1) is 0 Å². The lowest BCUT2D eigenvalue weighted by Gasteiger charge is -2.02. The number of nitrogens with one attached hydrogen (secondary N) is 2. The molecule has 0 spiro atoms. The van der Waals surface area contributed by atoms with Crippen LogP contribution in [0, 0.1) is 0 Å². The lowest BCUT2D eigenvalue weighted by molar-refractivity contribution is 0.0954. The van der Waals surface area contributed by atoms with Gasteiger partial charge in [-0.05, 0) is 18.3 Å². The number of H-pyrrole nitrogens is 1. The van der Waals surface area contributed by atoms with Crippen molar-refractivity contribution in [3.8, 4) is 5.06 Å². The third kappa shape index (κ3) is 3.23. The Bertz CT molecular complexity index is 832. The number of nitrogens with zero attached hydrogens (tertiary/aromatic N) is 3. The van der Waals surface area contributed by atoms with Crippen LogP contribution in [-0.2, 0) is 7.05 Å². The average molecular weight is 309 g/mol. The molecule has 0 atom stereocenters. The van der Waals surface area contributed by atoms with Gasteiger partial charge in [-0.3, -0.25) is 24.0 Å². The quantitative estimate of drug-likeness (QED) is 0.514. The van der Waals surface area contributed by atoms with E-state index in [1.165, 1.54) is 24.0 Å². The van der Waals surface area contributed by atoms with Crippen molar-refractivity contribution in [2.75, 3.05) is 0 Å². The molecule has 0 aliphatic carbocycles. The van der Waals surface area contributed by atoms with Crippen molar-refractivity contribution < 1.29 is 9.90 Å². The maximum atomic E-state index is 11.8. The summed E-state index contributed by atoms with van der Waals surface area (Å²) in [5.41, 5.74) is 1.67. The van der Waals surface area contributed by atoms with E-state index in [-0.39, 0.29) is 11.3 Å². The minimum absolute atomic E-state index is 0.0715. The third-order valence-electron chi connectivity index (χ3n) is 2.50. The molecular weight excluding hydrogens is 298 g/mol. The predicted molar refractivity (Wildman–Crippen MR) is 75.8 cm³/mol. The van der Waals surface area contributed by atoms with Crippen molar-refractivity contribution in [1.29, 1.82) is 0 Å². The molecule has 2 aromatic heterocycles. The fourth-order valence-corrected chi connectivity index (χ4v) is 2.19. The zero-order chi connectivity index (χ0) is 15.6. The van der Waals surface area contributed by atoms with Gasteiger partial charge in [0.15, 0.2) is 5.06 Å². The number of aromatic amines is 1. The Hall–Kier alpha value is -2.75. The molecule has 2 aromatic rings. The summed E-state index contributed by atoms with van der Waals surface area (Å²) < 4.78 is 1.46. The molecule has 2 heterocycles. The van der Waals surface area contributed by atoms with Crippen molar-refractivity contribution in [2.45, 2.75) is 6.92 Å². The number of aryl methyl sites for hydroxylation is 1. The van der Waals surface area contributed by atoms with Crippen molar-refractivity contribution in [2.24, 2.45) is 12.1 Å². The first-order valence-corrected chi connectivity index (χ1v) is 6.50. The number of amides is 1. The maximum absolute atomic E-state index is 11.8. The second-order valence-corrected chi connectivity index (χ2v) is 5.03. The van der Waals surface area contributed by atoms with E-state index in [9.17, 15) is 19.5 Å². The Morgan fingerprint density at radius 3 is 2.81 bits per heavy atom. The van der Waals surface area contributed by atoms with E-state index in [4.69, 9.17) is 0 Å². The van der Waals surface area contributed by atoms with Gasteiger partial charge in [-0.1, -0.05) is 0 Å². The molecule has 0 unspecified atom stereocenters. The lowest BCUT2D eigenvalue weighted by Crippen LogP contribution is -2.25. The summed E-state index contributed by atoms with van der Waals surface area (Å²) in [6, 6.07) is 0. The number of carbonyl (C=O) groups excluding carboxylic acids is 1. The minimum Gasteiger partial charge on any atom is -0.499 e. The van der Waals surface area contributed by atoms with Crippen LogP contribution in [0.1, 0.15) is 22.8 Å². The molecular formula is C11H11N5O4S. The monoisotopic (exact) mass is 309 g/mol. The second-order valence-electron chi connectivity index (χ2n) is 4.06. The van der Waals surface area contributed by atoms with Crippen LogP contribution in [0.15, 0.2) is 27.1 Å². The number of aromatic hydroxyl groups is 1. The number of hydrogen-bond acceptors (Lipinski definition) is 7. The Balaban J connectivity index is 2.24. The van der Waals surface area contributed by atoms with Crippen LogP contribution in [0.3, 0.4) is 0 Å². The molecule has 0 aromatic carbocycles. The van der Waals surface area contributed by atoms with E-state index in [0.29, 0.717) is 16.9 Å². The van der Waals surface area contributed by atoms with Gasteiger partial charge >= 0.3 is 4.87 Å². The normalized spacial score (nSPS) is 11.4. The summed E-state index contributed by atoms with van der Waals surface area (Å²) in [6.07, 6.45) is 2.86. The van der Waals surface area contributed by atoms with Crippen LogP contribution >= 0.6 is 11.3 Å². The molecule has 9 nitrogen and oxygen atoms in total. The number of hydrazone groups is 1. The van der Waals surface area contributed by atoms with Gasteiger partial charge in [0.25, 0.3) is 11.5 Å². The number of aromatic nitrogens is 3. The van der Waals surface area contributed by atoms with E-state index >= 15 is 0 Å². The minimum atomic E-state index is -0.770. The SMILES string of the molecule is CC(=NNC(=O)c1cnn(C)c1)c1c(O)sc(=O)[nH]c1=O. The Labute approximate surface area is 121 Å². The van der Waals surface area contributed by atoms with Gasteiger partial charge in [0.05, 0.1) is 17.5 Å². The molecule has 0 bridgehead atoms. The van der Waals surface area contributed by atoms with E-state index < -0.39 is 21.4 Å². The fourth-order valence-electron chi connectivity index (χ4n) is 1.53. The van der Waals surface area contributed by atoms with E-state index in [1.54, 1.807) is 7.05 Å². The molecule has 0 aliphatic heterocycles. The van der Waals surface area contributed by atoms with Gasteiger partial charge < -0.3 is 5.11 Å². The van der Waals surface area contributed by atoms with Gasteiger partial charge in [0.1, 0.15) is 5.56 Å². The Morgan fingerprint density at radius 2 is 2.24 bits per heavy atom. The van der Waals surface area contributed by atoms with Crippen molar-refractivity contribution in [3.05, 3.63) is 43.5 Å². The second kappa shape index (κ2) is 5.71. The predicted octanol–water partition coefficient (Wildman–Crippen LogP) is -0.610. The summed E-state index contributed by atoms with van der Waals surface area (Å²) in [7, 11) is 1.66. The molecule has 0 radical (unpaired) electrons. The molecule has 21 heavy (non-hydrogen) atoms. The smallest absolute Gasteiger partial charge is 0.310 e. The van der Waals surface area contributed by atoms with Crippen molar-refractivity contribution in [3.63, 3.8) is 0 Å². The highest BCUT2D eigenvalue weighted by molar-refractivity contribution is 7.11. The van der Waals surface area contributed by atoms with Crippen LogP contribution in [0.4, 0.5) is 0 Å². The van der Waals surface area contributed by atoms with Crippen LogP contribution in [0.5, 0.6) is 5.06 Å². The highest BCUT2D eigenvalue weighted by Crippen LogP contribution is 2.14. The van der Waals surface area contributed by atoms with Gasteiger partial charge in [-0.25, -0.2) is 5.43 Å². The fraction of sp³-hybridized carbons (Fsp3) is 0.182. The summed E-state index contributed by atoms with van der Waals surface area (Å²) in [6.45, 7) is 1.42. The molecule has 0 saturated heterocycles. The van der Waals surface area contributed by atoms with Gasteiger partial charge in [0.2, 0.25) is 0 Å². The standard InChI is InChI=1S/C11H11N5O4S/c1-5(7-9(18)13-11(20)21-10(7)19)14-15-8(17)6-3-12-16(2)4-6/h3-4,19H,1-2H3,(H,15,17)(H,13,18,20). The lowest BCUT2D eigenvalue weighted by atomic mass is 10.2. The van der Waals surface area contributed by atoms with Crippen LogP contribution in [0.25, 0.3) is 0 Å². The Kier molecular flexibility index (Phi) is 3.98.